The highest BCUT2D eigenvalue weighted by molar-refractivity contribution is 8.18. The van der Waals surface area contributed by atoms with E-state index in [0.29, 0.717) is 26.1 Å². The Labute approximate surface area is 158 Å². The van der Waals surface area contributed by atoms with Crippen molar-refractivity contribution < 1.29 is 9.59 Å². The zero-order valence-electron chi connectivity index (χ0n) is 12.7. The maximum absolute atomic E-state index is 12.5. The number of hydrogen-bond acceptors (Lipinski definition) is 4. The minimum atomic E-state index is -0.393. The van der Waals surface area contributed by atoms with Crippen molar-refractivity contribution in [2.75, 3.05) is 0 Å². The van der Waals surface area contributed by atoms with Crippen LogP contribution in [-0.4, -0.2) is 16.0 Å². The van der Waals surface area contributed by atoms with Gasteiger partial charge in [0.25, 0.3) is 11.1 Å². The van der Waals surface area contributed by atoms with Gasteiger partial charge in [-0.3, -0.25) is 14.5 Å². The van der Waals surface area contributed by atoms with Crippen molar-refractivity contribution in [3.05, 3.63) is 74.1 Å². The number of nitriles is 1. The van der Waals surface area contributed by atoms with Crippen LogP contribution < -0.4 is 0 Å². The monoisotopic (exact) mass is 388 g/mol. The van der Waals surface area contributed by atoms with E-state index in [0.717, 1.165) is 22.2 Å². The first-order valence-electron chi connectivity index (χ1n) is 7.18. The molecular formula is C18H10Cl2N2O2S. The number of halogens is 2. The molecule has 1 saturated heterocycles. The first kappa shape index (κ1) is 17.6. The van der Waals surface area contributed by atoms with E-state index in [1.807, 2.05) is 6.07 Å². The van der Waals surface area contributed by atoms with Gasteiger partial charge in [0.15, 0.2) is 0 Å². The van der Waals surface area contributed by atoms with Gasteiger partial charge in [0.05, 0.1) is 23.1 Å². The van der Waals surface area contributed by atoms with Crippen LogP contribution in [0.25, 0.3) is 6.08 Å². The van der Waals surface area contributed by atoms with Crippen LogP contribution in [0.4, 0.5) is 4.79 Å². The quantitative estimate of drug-likeness (QED) is 0.685. The molecule has 1 fully saturated rings. The van der Waals surface area contributed by atoms with Crippen LogP contribution in [0.5, 0.6) is 0 Å². The van der Waals surface area contributed by atoms with Crippen LogP contribution in [0.2, 0.25) is 10.0 Å². The van der Waals surface area contributed by atoms with Gasteiger partial charge < -0.3 is 0 Å². The van der Waals surface area contributed by atoms with Crippen LogP contribution in [0, 0.1) is 11.3 Å². The highest BCUT2D eigenvalue weighted by atomic mass is 35.5. The number of nitrogens with zero attached hydrogens (tertiary/aromatic N) is 2. The molecule has 0 aromatic heterocycles. The second-order valence-corrected chi connectivity index (χ2v) is 7.01. The molecule has 124 valence electrons. The van der Waals surface area contributed by atoms with E-state index in [4.69, 9.17) is 28.5 Å². The molecule has 0 radical (unpaired) electrons. The first-order chi connectivity index (χ1) is 12.0. The van der Waals surface area contributed by atoms with Crippen molar-refractivity contribution in [3.8, 4) is 6.07 Å². The van der Waals surface area contributed by atoms with Crippen molar-refractivity contribution in [1.29, 1.82) is 5.26 Å². The molecule has 0 aliphatic carbocycles. The van der Waals surface area contributed by atoms with Gasteiger partial charge in [0.1, 0.15) is 0 Å². The predicted molar refractivity (Wildman–Crippen MR) is 99.1 cm³/mol. The molecule has 0 N–H and O–H groups in total. The van der Waals surface area contributed by atoms with Crippen LogP contribution in [0.3, 0.4) is 0 Å². The maximum atomic E-state index is 12.5. The Kier molecular flexibility index (Phi) is 5.14. The van der Waals surface area contributed by atoms with Crippen LogP contribution in [0.1, 0.15) is 16.7 Å². The normalized spacial score (nSPS) is 15.7. The molecule has 1 aliphatic rings. The van der Waals surface area contributed by atoms with Gasteiger partial charge in [-0.2, -0.15) is 5.26 Å². The Bertz CT molecular complexity index is 913. The van der Waals surface area contributed by atoms with Gasteiger partial charge >= 0.3 is 0 Å². The molecule has 2 aromatic carbocycles. The molecule has 3 rings (SSSR count). The van der Waals surface area contributed by atoms with Crippen LogP contribution in [0.15, 0.2) is 47.4 Å². The SMILES string of the molecule is N#Cc1ccc(/C=C2\SC(=O)N(Cc3c(Cl)cccc3Cl)C2=O)cc1. The van der Waals surface area contributed by atoms with Crippen LogP contribution in [-0.2, 0) is 11.3 Å². The Hall–Kier alpha value is -2.26. The molecule has 0 saturated carbocycles. The van der Waals surface area contributed by atoms with Gasteiger partial charge in [0, 0.05) is 15.6 Å². The second kappa shape index (κ2) is 7.32. The highest BCUT2D eigenvalue weighted by Crippen LogP contribution is 2.35. The van der Waals surface area contributed by atoms with E-state index >= 15 is 0 Å². The summed E-state index contributed by atoms with van der Waals surface area (Å²) in [4.78, 5) is 26.2. The zero-order chi connectivity index (χ0) is 18.0. The number of imide groups is 1. The Balaban J connectivity index is 1.85. The summed E-state index contributed by atoms with van der Waals surface area (Å²) >= 11 is 13.1. The van der Waals surface area contributed by atoms with Crippen molar-refractivity contribution in [3.63, 3.8) is 0 Å². The maximum Gasteiger partial charge on any atom is 0.293 e. The molecule has 1 aliphatic heterocycles. The minimum Gasteiger partial charge on any atom is -0.268 e. The van der Waals surface area contributed by atoms with Crippen molar-refractivity contribution in [2.24, 2.45) is 0 Å². The molecule has 0 spiro atoms. The van der Waals surface area contributed by atoms with Crippen molar-refractivity contribution >= 4 is 52.2 Å². The molecular weight excluding hydrogens is 379 g/mol. The van der Waals surface area contributed by atoms with E-state index in [1.54, 1.807) is 48.5 Å². The van der Waals surface area contributed by atoms with Crippen LogP contribution >= 0.6 is 35.0 Å². The Morgan fingerprint density at radius 3 is 2.32 bits per heavy atom. The zero-order valence-corrected chi connectivity index (χ0v) is 15.0. The largest absolute Gasteiger partial charge is 0.293 e. The lowest BCUT2D eigenvalue weighted by Gasteiger charge is -2.14. The molecule has 0 atom stereocenters. The average molecular weight is 389 g/mol. The first-order valence-corrected chi connectivity index (χ1v) is 8.75. The van der Waals surface area contributed by atoms with E-state index in [1.165, 1.54) is 0 Å². The number of rotatable bonds is 3. The summed E-state index contributed by atoms with van der Waals surface area (Å²) in [6.07, 6.45) is 1.63. The van der Waals surface area contributed by atoms with Gasteiger partial charge in [-0.15, -0.1) is 0 Å². The van der Waals surface area contributed by atoms with Gasteiger partial charge in [-0.05, 0) is 47.7 Å². The molecule has 0 unspecified atom stereocenters. The fraction of sp³-hybridized carbons (Fsp3) is 0.0556. The van der Waals surface area contributed by atoms with E-state index < -0.39 is 5.91 Å². The Morgan fingerprint density at radius 1 is 1.08 bits per heavy atom. The van der Waals surface area contributed by atoms with E-state index in [-0.39, 0.29) is 11.8 Å². The smallest absolute Gasteiger partial charge is 0.268 e. The summed E-state index contributed by atoms with van der Waals surface area (Å²) in [5, 5.41) is 9.25. The number of carbonyl (C=O) groups excluding carboxylic acids is 2. The molecule has 7 heteroatoms. The topological polar surface area (TPSA) is 61.2 Å². The van der Waals surface area contributed by atoms with Crippen molar-refractivity contribution in [2.45, 2.75) is 6.54 Å². The van der Waals surface area contributed by atoms with E-state index in [9.17, 15) is 9.59 Å². The average Bonchev–Trinajstić information content (AvgIpc) is 2.86. The predicted octanol–water partition coefficient (Wildman–Crippen LogP) is 5.10. The lowest BCUT2D eigenvalue weighted by molar-refractivity contribution is -0.123. The fourth-order valence-electron chi connectivity index (χ4n) is 2.28. The number of benzene rings is 2. The molecule has 4 nitrogen and oxygen atoms in total. The number of carbonyl (C=O) groups is 2. The van der Waals surface area contributed by atoms with Gasteiger partial charge in [-0.1, -0.05) is 41.4 Å². The van der Waals surface area contributed by atoms with Gasteiger partial charge in [0.2, 0.25) is 0 Å². The minimum absolute atomic E-state index is 0.0217. The lowest BCUT2D eigenvalue weighted by Crippen LogP contribution is -2.27. The summed E-state index contributed by atoms with van der Waals surface area (Å²) in [6, 6.07) is 13.8. The number of hydrogen-bond donors (Lipinski definition) is 0. The van der Waals surface area contributed by atoms with Gasteiger partial charge in [-0.25, -0.2) is 0 Å². The van der Waals surface area contributed by atoms with Crippen molar-refractivity contribution in [1.82, 2.24) is 4.90 Å². The fourth-order valence-corrected chi connectivity index (χ4v) is 3.64. The van der Waals surface area contributed by atoms with E-state index in [2.05, 4.69) is 0 Å². The summed E-state index contributed by atoms with van der Waals surface area (Å²) in [7, 11) is 0. The summed E-state index contributed by atoms with van der Waals surface area (Å²) in [6.45, 7) is 0.0217. The lowest BCUT2D eigenvalue weighted by atomic mass is 10.1. The number of amides is 2. The Morgan fingerprint density at radius 2 is 1.72 bits per heavy atom. The second-order valence-electron chi connectivity index (χ2n) is 5.20. The molecule has 1 heterocycles. The number of thioether (sulfide) groups is 1. The third-order valence-corrected chi connectivity index (χ3v) is 5.20. The molecule has 2 aromatic rings. The molecule has 2 amide bonds. The highest BCUT2D eigenvalue weighted by Gasteiger charge is 2.35. The molecule has 25 heavy (non-hydrogen) atoms. The summed E-state index contributed by atoms with van der Waals surface area (Å²) in [5.41, 5.74) is 1.80. The summed E-state index contributed by atoms with van der Waals surface area (Å²) < 4.78 is 0. The third kappa shape index (κ3) is 3.72. The molecule has 0 bridgehead atoms. The standard InChI is InChI=1S/C18H10Cl2N2O2S/c19-14-2-1-3-15(20)13(14)10-22-17(23)16(25-18(22)24)8-11-4-6-12(9-21)7-5-11/h1-8H,10H2/b16-8-. The third-order valence-electron chi connectivity index (χ3n) is 3.59. The summed E-state index contributed by atoms with van der Waals surface area (Å²) in [5.74, 6) is -0.393.